The molecule has 0 unspecified atom stereocenters. The van der Waals surface area contributed by atoms with Crippen molar-refractivity contribution in [3.8, 4) is 45.0 Å². The van der Waals surface area contributed by atoms with E-state index in [2.05, 4.69) is 207 Å². The SMILES string of the molecule is CC1(C)c2cc(-c3ncc(N(c4ccccc4)c4ccccc4)cn3)ccc2-c2c1c1cccc3c4c(c5cccc2c5c31)C(C)(C)c1cc(-c2ncc(N(c3ccccc3)c3ccccc3)cn2)ccc1-4. The quantitative estimate of drug-likeness (QED) is 0.142. The molecule has 6 heteroatoms. The zero-order valence-corrected chi connectivity index (χ0v) is 40.5. The molecule has 0 amide bonds. The first kappa shape index (κ1) is 41.9. The largest absolute Gasteiger partial charge is 0.308 e. The molecule has 0 N–H and O–H groups in total. The van der Waals surface area contributed by atoms with Crippen LogP contribution >= 0.6 is 0 Å². The number of nitrogens with zero attached hydrogens (tertiary/aromatic N) is 6. The van der Waals surface area contributed by atoms with Crippen molar-refractivity contribution in [3.63, 3.8) is 0 Å². The third-order valence-corrected chi connectivity index (χ3v) is 15.5. The fourth-order valence-corrected chi connectivity index (χ4v) is 12.4. The predicted octanol–water partition coefficient (Wildman–Crippen LogP) is 17.1. The first-order valence-corrected chi connectivity index (χ1v) is 24.8. The molecular weight excluding hydrogens is 877 g/mol. The van der Waals surface area contributed by atoms with Crippen LogP contribution in [0.25, 0.3) is 77.3 Å². The van der Waals surface area contributed by atoms with E-state index >= 15 is 0 Å². The van der Waals surface area contributed by atoms with E-state index in [1.165, 1.54) is 76.8 Å². The lowest BCUT2D eigenvalue weighted by atomic mass is 9.75. The van der Waals surface area contributed by atoms with E-state index in [0.717, 1.165) is 45.3 Å². The van der Waals surface area contributed by atoms with E-state index in [9.17, 15) is 0 Å². The molecule has 0 fully saturated rings. The molecule has 12 aromatic rings. The summed E-state index contributed by atoms with van der Waals surface area (Å²) in [6.07, 6.45) is 7.78. The molecule has 2 aliphatic rings. The zero-order valence-electron chi connectivity index (χ0n) is 40.5. The predicted molar refractivity (Wildman–Crippen MR) is 297 cm³/mol. The summed E-state index contributed by atoms with van der Waals surface area (Å²) in [6, 6.07) is 69.3. The van der Waals surface area contributed by atoms with Crippen molar-refractivity contribution in [2.45, 2.75) is 38.5 Å². The number of hydrogen-bond donors (Lipinski definition) is 0. The number of fused-ring (bicyclic) bond motifs is 10. The Balaban J connectivity index is 0.861. The molecule has 6 nitrogen and oxygen atoms in total. The zero-order chi connectivity index (χ0) is 48.3. The number of aromatic nitrogens is 4. The maximum atomic E-state index is 5.03. The van der Waals surface area contributed by atoms with Crippen LogP contribution in [0.4, 0.5) is 34.1 Å². The fraction of sp³-hybridized carbons (Fsp3) is 0.0909. The maximum absolute atomic E-state index is 5.03. The van der Waals surface area contributed by atoms with Gasteiger partial charge < -0.3 is 9.80 Å². The molecule has 0 bridgehead atoms. The van der Waals surface area contributed by atoms with E-state index < -0.39 is 0 Å². The minimum Gasteiger partial charge on any atom is -0.308 e. The smallest absolute Gasteiger partial charge is 0.159 e. The van der Waals surface area contributed by atoms with Crippen LogP contribution in [-0.4, -0.2) is 19.9 Å². The van der Waals surface area contributed by atoms with Gasteiger partial charge in [0.2, 0.25) is 0 Å². The van der Waals surface area contributed by atoms with Crippen LogP contribution in [0.3, 0.4) is 0 Å². The molecule has 14 rings (SSSR count). The van der Waals surface area contributed by atoms with Crippen molar-refractivity contribution in [3.05, 3.63) is 241 Å². The maximum Gasteiger partial charge on any atom is 0.159 e. The molecule has 0 saturated heterocycles. The van der Waals surface area contributed by atoms with Gasteiger partial charge in [-0.1, -0.05) is 161 Å². The second-order valence-electron chi connectivity index (χ2n) is 20.3. The van der Waals surface area contributed by atoms with Crippen LogP contribution in [0.15, 0.2) is 219 Å². The standard InChI is InChI=1S/C66H48N6/c1-65(2)55-35-41(63-67-37-47(38-68-63)71(43-19-9-5-10-20-43)44-21-11-6-12-22-44)31-33-49(55)59-51-27-18-30-54-58(51)57-52(28-17-29-53(57)61(59)65)60-50-34-32-42(36-56(50)66(3,4)62(54)60)64-69-39-48(40-70-64)72(45-23-13-7-14-24-45)46-25-15-8-16-26-46/h5-40H,1-4H3. The van der Waals surface area contributed by atoms with Crippen LogP contribution in [0.1, 0.15) is 49.9 Å². The molecule has 0 saturated carbocycles. The van der Waals surface area contributed by atoms with E-state index in [1.807, 2.05) is 49.1 Å². The molecule has 2 aliphatic carbocycles. The van der Waals surface area contributed by atoms with Gasteiger partial charge >= 0.3 is 0 Å². The van der Waals surface area contributed by atoms with Gasteiger partial charge in [-0.3, -0.25) is 0 Å². The summed E-state index contributed by atoms with van der Waals surface area (Å²) in [5.41, 5.74) is 18.0. The minimum absolute atomic E-state index is 0.300. The van der Waals surface area contributed by atoms with Crippen molar-refractivity contribution >= 4 is 66.4 Å². The van der Waals surface area contributed by atoms with E-state index in [-0.39, 0.29) is 10.8 Å². The Hall–Kier alpha value is -9.00. The van der Waals surface area contributed by atoms with Gasteiger partial charge in [0.25, 0.3) is 0 Å². The number of para-hydroxylation sites is 4. The topological polar surface area (TPSA) is 58.0 Å². The van der Waals surface area contributed by atoms with Gasteiger partial charge in [-0.25, -0.2) is 19.9 Å². The molecule has 342 valence electrons. The highest BCUT2D eigenvalue weighted by Crippen LogP contribution is 2.61. The molecule has 2 heterocycles. The van der Waals surface area contributed by atoms with E-state index in [0.29, 0.717) is 11.6 Å². The van der Waals surface area contributed by atoms with Crippen molar-refractivity contribution in [2.75, 3.05) is 9.80 Å². The lowest BCUT2D eigenvalue weighted by molar-refractivity contribution is 0.666. The molecule has 0 spiro atoms. The number of rotatable bonds is 8. The summed E-state index contributed by atoms with van der Waals surface area (Å²) in [5.74, 6) is 1.41. The fourth-order valence-electron chi connectivity index (χ4n) is 12.4. The van der Waals surface area contributed by atoms with Crippen molar-refractivity contribution in [1.29, 1.82) is 0 Å². The average Bonchev–Trinajstić information content (AvgIpc) is 3.83. The normalized spacial score (nSPS) is 13.8. The highest BCUT2D eigenvalue weighted by atomic mass is 15.2. The lowest BCUT2D eigenvalue weighted by Crippen LogP contribution is -2.17. The summed E-state index contributed by atoms with van der Waals surface area (Å²) in [7, 11) is 0. The Morgan fingerprint density at radius 3 is 0.972 bits per heavy atom. The number of hydrogen-bond acceptors (Lipinski definition) is 6. The van der Waals surface area contributed by atoms with E-state index in [4.69, 9.17) is 19.9 Å². The van der Waals surface area contributed by atoms with Gasteiger partial charge in [-0.15, -0.1) is 0 Å². The van der Waals surface area contributed by atoms with E-state index in [1.54, 1.807) is 0 Å². The van der Waals surface area contributed by atoms with Gasteiger partial charge in [0.15, 0.2) is 11.6 Å². The Bertz CT molecular complexity index is 3710. The van der Waals surface area contributed by atoms with Gasteiger partial charge in [-0.05, 0) is 137 Å². The van der Waals surface area contributed by atoms with Crippen molar-refractivity contribution < 1.29 is 0 Å². The molecule has 72 heavy (non-hydrogen) atoms. The van der Waals surface area contributed by atoms with Gasteiger partial charge in [0.1, 0.15) is 0 Å². The monoisotopic (exact) mass is 924 g/mol. The number of benzene rings is 10. The van der Waals surface area contributed by atoms with Crippen LogP contribution in [0, 0.1) is 0 Å². The third-order valence-electron chi connectivity index (χ3n) is 15.5. The second-order valence-corrected chi connectivity index (χ2v) is 20.3. The van der Waals surface area contributed by atoms with Gasteiger partial charge in [0.05, 0.1) is 36.2 Å². The van der Waals surface area contributed by atoms with Gasteiger partial charge in [0, 0.05) is 44.7 Å². The molecule has 0 atom stereocenters. The van der Waals surface area contributed by atoms with Crippen LogP contribution < -0.4 is 9.80 Å². The Morgan fingerprint density at radius 2 is 0.639 bits per heavy atom. The first-order valence-electron chi connectivity index (χ1n) is 24.8. The molecule has 0 aliphatic heterocycles. The van der Waals surface area contributed by atoms with Gasteiger partial charge in [-0.2, -0.15) is 0 Å². The van der Waals surface area contributed by atoms with Crippen LogP contribution in [-0.2, 0) is 10.8 Å². The van der Waals surface area contributed by atoms with Crippen LogP contribution in [0.5, 0.6) is 0 Å². The highest BCUT2D eigenvalue weighted by molar-refractivity contribution is 6.33. The highest BCUT2D eigenvalue weighted by Gasteiger charge is 2.43. The summed E-state index contributed by atoms with van der Waals surface area (Å²) in [6.45, 7) is 9.58. The Kier molecular flexibility index (Phi) is 9.18. The average molecular weight is 925 g/mol. The summed E-state index contributed by atoms with van der Waals surface area (Å²) >= 11 is 0. The summed E-state index contributed by atoms with van der Waals surface area (Å²) in [5, 5.41) is 7.92. The summed E-state index contributed by atoms with van der Waals surface area (Å²) < 4.78 is 0. The van der Waals surface area contributed by atoms with Crippen LogP contribution in [0.2, 0.25) is 0 Å². The Labute approximate surface area is 418 Å². The minimum atomic E-state index is -0.300. The molecular formula is C66H48N6. The van der Waals surface area contributed by atoms with Crippen molar-refractivity contribution in [1.82, 2.24) is 19.9 Å². The molecule has 2 aromatic heterocycles. The first-order chi connectivity index (χ1) is 35.3. The Morgan fingerprint density at radius 1 is 0.319 bits per heavy atom. The third kappa shape index (κ3) is 6.15. The molecule has 0 radical (unpaired) electrons. The molecule has 10 aromatic carbocycles. The second kappa shape index (κ2) is 15.8. The van der Waals surface area contributed by atoms with Crippen molar-refractivity contribution in [2.24, 2.45) is 0 Å². The lowest BCUT2D eigenvalue weighted by Gasteiger charge is -2.28. The number of anilines is 6. The summed E-state index contributed by atoms with van der Waals surface area (Å²) in [4.78, 5) is 24.5.